The molecule has 1 aromatic carbocycles. The van der Waals surface area contributed by atoms with E-state index in [9.17, 15) is 19.5 Å². The van der Waals surface area contributed by atoms with E-state index in [1.165, 1.54) is 23.3 Å². The number of ether oxygens (including phenoxy) is 1. The van der Waals surface area contributed by atoms with Crippen LogP contribution in [0.5, 0.6) is 0 Å². The molecule has 0 radical (unpaired) electrons. The highest BCUT2D eigenvalue weighted by atomic mass is 32.1. The highest BCUT2D eigenvalue weighted by molar-refractivity contribution is 7.17. The first-order chi connectivity index (χ1) is 14.4. The maximum atomic E-state index is 13.2. The fourth-order valence-corrected chi connectivity index (χ4v) is 4.98. The number of nitrogens with zero attached hydrogens (tertiary/aromatic N) is 2. The maximum absolute atomic E-state index is 13.2. The van der Waals surface area contributed by atoms with Crippen molar-refractivity contribution in [3.05, 3.63) is 80.2 Å². The Balaban J connectivity index is 1.86. The summed E-state index contributed by atoms with van der Waals surface area (Å²) in [7, 11) is 1.26. The van der Waals surface area contributed by atoms with Crippen LogP contribution in [0.3, 0.4) is 0 Å². The molecule has 2 aromatic heterocycles. The highest BCUT2D eigenvalue weighted by Gasteiger charge is 2.46. The minimum atomic E-state index is -0.871. The van der Waals surface area contributed by atoms with Crippen LogP contribution < -0.4 is 4.90 Å². The largest absolute Gasteiger partial charge is 0.503 e. The third kappa shape index (κ3) is 3.21. The topological polar surface area (TPSA) is 96.8 Å². The number of aliphatic hydroxyl groups excluding tert-OH is 1. The minimum Gasteiger partial charge on any atom is -0.503 e. The summed E-state index contributed by atoms with van der Waals surface area (Å²) >= 11 is 2.21. The number of hydrogen-bond acceptors (Lipinski definition) is 8. The average Bonchev–Trinajstić information content (AvgIpc) is 3.47. The summed E-state index contributed by atoms with van der Waals surface area (Å²) in [4.78, 5) is 44.5. The van der Waals surface area contributed by atoms with Crippen molar-refractivity contribution in [2.75, 3.05) is 12.0 Å². The number of carbonyl (C=O) groups excluding carboxylic acids is 3. The zero-order valence-corrected chi connectivity index (χ0v) is 17.6. The van der Waals surface area contributed by atoms with Crippen LogP contribution in [0.25, 0.3) is 0 Å². The molecule has 0 aliphatic carbocycles. The van der Waals surface area contributed by atoms with Gasteiger partial charge in [-0.15, -0.1) is 11.3 Å². The van der Waals surface area contributed by atoms with Gasteiger partial charge < -0.3 is 9.84 Å². The zero-order valence-electron chi connectivity index (χ0n) is 16.0. The summed E-state index contributed by atoms with van der Waals surface area (Å²) in [6.07, 6.45) is 0. The first kappa shape index (κ1) is 20.0. The minimum absolute atomic E-state index is 0.0129. The molecule has 1 amide bonds. The van der Waals surface area contributed by atoms with Crippen molar-refractivity contribution in [2.24, 2.45) is 0 Å². The van der Waals surface area contributed by atoms with Crippen molar-refractivity contribution < 1.29 is 24.2 Å². The summed E-state index contributed by atoms with van der Waals surface area (Å²) in [6.45, 7) is 1.63. The molecule has 9 heteroatoms. The summed E-state index contributed by atoms with van der Waals surface area (Å²) in [5.74, 6) is -2.34. The van der Waals surface area contributed by atoms with Crippen molar-refractivity contribution >= 4 is 45.5 Å². The van der Waals surface area contributed by atoms with Crippen molar-refractivity contribution in [3.8, 4) is 0 Å². The molecule has 1 aliphatic rings. The molecule has 0 spiro atoms. The van der Waals surface area contributed by atoms with Gasteiger partial charge in [0, 0.05) is 0 Å². The standard InChI is InChI=1S/C21H16N2O5S2/c1-11-18(20(27)28-2)30-21(22-11)23-15(12-7-4-3-5-8-12)14(17(25)19(23)26)16(24)13-9-6-10-29-13/h3-10,15,25H,1-2H3/t15-/m0/s1. The summed E-state index contributed by atoms with van der Waals surface area (Å²) in [5, 5.41) is 12.6. The molecular formula is C21H16N2O5S2. The molecule has 0 unspecified atom stereocenters. The van der Waals surface area contributed by atoms with E-state index in [0.717, 1.165) is 11.3 Å². The Morgan fingerprint density at radius 3 is 2.53 bits per heavy atom. The Kier molecular flexibility index (Phi) is 5.23. The molecule has 30 heavy (non-hydrogen) atoms. The third-order valence-corrected chi connectivity index (χ3v) is 6.68. The van der Waals surface area contributed by atoms with Crippen LogP contribution in [-0.2, 0) is 9.53 Å². The Morgan fingerprint density at radius 1 is 1.17 bits per heavy atom. The first-order valence-corrected chi connectivity index (χ1v) is 10.6. The number of thiazole rings is 1. The van der Waals surface area contributed by atoms with Crippen molar-refractivity contribution in [1.29, 1.82) is 0 Å². The number of thiophene rings is 1. The van der Waals surface area contributed by atoms with Crippen molar-refractivity contribution in [3.63, 3.8) is 0 Å². The Labute approximate surface area is 179 Å². The van der Waals surface area contributed by atoms with E-state index in [-0.39, 0.29) is 15.6 Å². The molecule has 1 N–H and O–H groups in total. The maximum Gasteiger partial charge on any atom is 0.350 e. The summed E-state index contributed by atoms with van der Waals surface area (Å²) in [5.41, 5.74) is 1.03. The molecule has 3 heterocycles. The lowest BCUT2D eigenvalue weighted by Gasteiger charge is -2.24. The van der Waals surface area contributed by atoms with Gasteiger partial charge in [0.1, 0.15) is 4.88 Å². The van der Waals surface area contributed by atoms with Crippen LogP contribution in [-0.4, -0.2) is 34.9 Å². The molecule has 0 bridgehead atoms. The summed E-state index contributed by atoms with van der Waals surface area (Å²) < 4.78 is 4.78. The number of Topliss-reactive ketones (excluding diaryl/α,β-unsaturated/α-hetero) is 1. The predicted molar refractivity (Wildman–Crippen MR) is 113 cm³/mol. The molecule has 0 saturated carbocycles. The van der Waals surface area contributed by atoms with E-state index in [0.29, 0.717) is 16.1 Å². The number of aromatic nitrogens is 1. The van der Waals surface area contributed by atoms with Gasteiger partial charge in [-0.1, -0.05) is 47.7 Å². The molecule has 1 atom stereocenters. The van der Waals surface area contributed by atoms with Crippen LogP contribution in [0, 0.1) is 6.92 Å². The lowest BCUT2D eigenvalue weighted by molar-refractivity contribution is -0.117. The molecule has 1 aliphatic heterocycles. The number of amides is 1. The monoisotopic (exact) mass is 440 g/mol. The molecule has 0 saturated heterocycles. The van der Waals surface area contributed by atoms with E-state index < -0.39 is 29.5 Å². The fraction of sp³-hybridized carbons (Fsp3) is 0.143. The van der Waals surface area contributed by atoms with Gasteiger partial charge in [0.25, 0.3) is 5.91 Å². The Morgan fingerprint density at radius 2 is 1.90 bits per heavy atom. The number of ketones is 1. The zero-order chi connectivity index (χ0) is 21.4. The normalized spacial score (nSPS) is 16.3. The Hall–Kier alpha value is -3.30. The van der Waals surface area contributed by atoms with E-state index in [1.54, 1.807) is 48.7 Å². The fourth-order valence-electron chi connectivity index (χ4n) is 3.29. The van der Waals surface area contributed by atoms with Gasteiger partial charge in [-0.25, -0.2) is 9.78 Å². The molecule has 0 fully saturated rings. The lowest BCUT2D eigenvalue weighted by atomic mass is 9.96. The second-order valence-corrected chi connectivity index (χ2v) is 8.38. The SMILES string of the molecule is COC(=O)c1sc(N2C(=O)C(O)=C(C(=O)c3cccs3)[C@@H]2c2ccccc2)nc1C. The van der Waals surface area contributed by atoms with Gasteiger partial charge in [-0.3, -0.25) is 14.5 Å². The molecule has 7 nitrogen and oxygen atoms in total. The second-order valence-electron chi connectivity index (χ2n) is 6.46. The molecule has 4 rings (SSSR count). The van der Waals surface area contributed by atoms with E-state index in [1.807, 2.05) is 6.07 Å². The number of hydrogen-bond donors (Lipinski definition) is 1. The van der Waals surface area contributed by atoms with Gasteiger partial charge in [-0.2, -0.15) is 0 Å². The number of carbonyl (C=O) groups is 3. The molecule has 152 valence electrons. The Bertz CT molecular complexity index is 1170. The van der Waals surface area contributed by atoms with Crippen molar-refractivity contribution in [1.82, 2.24) is 4.98 Å². The van der Waals surface area contributed by atoms with Crippen LogP contribution >= 0.6 is 22.7 Å². The molecular weight excluding hydrogens is 424 g/mol. The number of aryl methyl sites for hydroxylation is 1. The smallest absolute Gasteiger partial charge is 0.350 e. The first-order valence-electron chi connectivity index (χ1n) is 8.89. The number of anilines is 1. The van der Waals surface area contributed by atoms with Gasteiger partial charge >= 0.3 is 5.97 Å². The van der Waals surface area contributed by atoms with E-state index in [2.05, 4.69) is 4.98 Å². The summed E-state index contributed by atoms with van der Waals surface area (Å²) in [6, 6.07) is 11.4. The number of rotatable bonds is 5. The van der Waals surface area contributed by atoms with E-state index >= 15 is 0 Å². The third-order valence-electron chi connectivity index (χ3n) is 4.68. The highest BCUT2D eigenvalue weighted by Crippen LogP contribution is 2.43. The number of esters is 1. The average molecular weight is 441 g/mol. The van der Waals surface area contributed by atoms with Gasteiger partial charge in [0.15, 0.2) is 10.9 Å². The number of aliphatic hydroxyl groups is 1. The predicted octanol–water partition coefficient (Wildman–Crippen LogP) is 4.08. The van der Waals surface area contributed by atoms with Gasteiger partial charge in [0.2, 0.25) is 5.78 Å². The second kappa shape index (κ2) is 7.85. The van der Waals surface area contributed by atoms with Crippen LogP contribution in [0.2, 0.25) is 0 Å². The lowest BCUT2D eigenvalue weighted by Crippen LogP contribution is -2.30. The van der Waals surface area contributed by atoms with Gasteiger partial charge in [0.05, 0.1) is 29.3 Å². The van der Waals surface area contributed by atoms with Crippen molar-refractivity contribution in [2.45, 2.75) is 13.0 Å². The van der Waals surface area contributed by atoms with Gasteiger partial charge in [-0.05, 0) is 23.9 Å². The van der Waals surface area contributed by atoms with Crippen LogP contribution in [0.15, 0.2) is 59.2 Å². The van der Waals surface area contributed by atoms with E-state index in [4.69, 9.17) is 4.74 Å². The van der Waals surface area contributed by atoms with Crippen LogP contribution in [0.1, 0.15) is 36.6 Å². The van der Waals surface area contributed by atoms with Crippen LogP contribution in [0.4, 0.5) is 5.13 Å². The molecule has 3 aromatic rings. The quantitative estimate of drug-likeness (QED) is 0.474. The number of methoxy groups -OCH3 is 1. The number of benzene rings is 1.